The third-order valence-corrected chi connectivity index (χ3v) is 4.84. The largest absolute Gasteiger partial charge is 0.481 e. The molecule has 9 nitrogen and oxygen atoms in total. The molecule has 1 aliphatic heterocycles. The van der Waals surface area contributed by atoms with Gasteiger partial charge in [-0.05, 0) is 0 Å². The summed E-state index contributed by atoms with van der Waals surface area (Å²) in [6.45, 7) is 0.460. The van der Waals surface area contributed by atoms with E-state index in [-0.39, 0.29) is 11.6 Å². The van der Waals surface area contributed by atoms with Crippen LogP contribution in [-0.4, -0.2) is 43.4 Å². The van der Waals surface area contributed by atoms with Gasteiger partial charge in [0, 0.05) is 17.3 Å². The fourth-order valence-corrected chi connectivity index (χ4v) is 3.43. The molecule has 2 N–H and O–H groups in total. The summed E-state index contributed by atoms with van der Waals surface area (Å²) >= 11 is 1.04. The van der Waals surface area contributed by atoms with Gasteiger partial charge in [-0.15, -0.1) is 5.10 Å². The normalized spacial score (nSPS) is 17.8. The second-order valence-electron chi connectivity index (χ2n) is 5.81. The molecule has 0 aliphatic carbocycles. The van der Waals surface area contributed by atoms with Crippen molar-refractivity contribution in [3.8, 4) is 17.3 Å². The molecular weight excluding hydrogens is 380 g/mol. The lowest BCUT2D eigenvalue weighted by Gasteiger charge is -1.98. The smallest absolute Gasteiger partial charge is 0.305 e. The van der Waals surface area contributed by atoms with Crippen molar-refractivity contribution in [1.29, 1.82) is 5.26 Å². The molecule has 28 heavy (non-hydrogen) atoms. The number of carbonyl (C=O) groups excluding carboxylic acids is 1. The minimum absolute atomic E-state index is 0.255. The second kappa shape index (κ2) is 8.96. The maximum absolute atomic E-state index is 11.7. The summed E-state index contributed by atoms with van der Waals surface area (Å²) in [7, 11) is 0. The third-order valence-electron chi connectivity index (χ3n) is 3.77. The number of carbonyl (C=O) groups is 2. The number of nitrogens with one attached hydrogen (secondary N) is 1. The Morgan fingerprint density at radius 2 is 2.21 bits per heavy atom. The molecule has 0 spiro atoms. The van der Waals surface area contributed by atoms with E-state index in [4.69, 9.17) is 10.4 Å². The van der Waals surface area contributed by atoms with Crippen LogP contribution in [0.5, 0.6) is 0 Å². The highest BCUT2D eigenvalue weighted by molar-refractivity contribution is 8.15. The van der Waals surface area contributed by atoms with E-state index in [0.717, 1.165) is 17.3 Å². The zero-order valence-electron chi connectivity index (χ0n) is 14.6. The quantitative estimate of drug-likeness (QED) is 0.542. The molecule has 1 aromatic heterocycles. The summed E-state index contributed by atoms with van der Waals surface area (Å²) in [5.74, 6) is -1.44. The Balaban J connectivity index is 1.79. The molecule has 0 radical (unpaired) electrons. The van der Waals surface area contributed by atoms with Crippen LogP contribution in [0, 0.1) is 11.3 Å². The molecule has 142 valence electrons. The average Bonchev–Trinajstić information content (AvgIpc) is 3.24. The number of rotatable bonds is 7. The van der Waals surface area contributed by atoms with Gasteiger partial charge >= 0.3 is 5.97 Å². The molecule has 2 heterocycles. The molecule has 2 aromatic rings. The van der Waals surface area contributed by atoms with Gasteiger partial charge in [0.1, 0.15) is 10.9 Å². The Morgan fingerprint density at radius 3 is 2.93 bits per heavy atom. The molecule has 1 atom stereocenters. The van der Waals surface area contributed by atoms with E-state index in [0.29, 0.717) is 24.2 Å². The van der Waals surface area contributed by atoms with Gasteiger partial charge in [-0.1, -0.05) is 42.1 Å². The zero-order valence-corrected chi connectivity index (χ0v) is 15.5. The SMILES string of the molecule is N#CCCn1cc(C=N/N=C2/NC(=O)C(CC(=O)O)S2)c(-c2ccccc2)n1. The molecule has 1 fully saturated rings. The van der Waals surface area contributed by atoms with Crippen LogP contribution in [0.2, 0.25) is 0 Å². The number of benzene rings is 1. The van der Waals surface area contributed by atoms with Crippen molar-refractivity contribution in [1.82, 2.24) is 15.1 Å². The van der Waals surface area contributed by atoms with Crippen LogP contribution in [0.1, 0.15) is 18.4 Å². The summed E-state index contributed by atoms with van der Waals surface area (Å²) in [6.07, 6.45) is 3.35. The Hall–Kier alpha value is -3.45. The first-order valence-corrected chi connectivity index (χ1v) is 9.25. The topological polar surface area (TPSA) is 133 Å². The van der Waals surface area contributed by atoms with E-state index < -0.39 is 17.1 Å². The fraction of sp³-hybridized carbons (Fsp3) is 0.222. The molecule has 0 bridgehead atoms. The van der Waals surface area contributed by atoms with Gasteiger partial charge in [0.15, 0.2) is 5.17 Å². The minimum Gasteiger partial charge on any atom is -0.481 e. The molecule has 1 unspecified atom stereocenters. The Bertz CT molecular complexity index is 977. The van der Waals surface area contributed by atoms with Gasteiger partial charge in [-0.3, -0.25) is 14.3 Å². The predicted octanol–water partition coefficient (Wildman–Crippen LogP) is 1.86. The van der Waals surface area contributed by atoms with Crippen molar-refractivity contribution in [3.05, 3.63) is 42.1 Å². The van der Waals surface area contributed by atoms with Crippen LogP contribution in [0.4, 0.5) is 0 Å². The highest BCUT2D eigenvalue weighted by Gasteiger charge is 2.32. The molecule has 10 heteroatoms. The number of nitriles is 1. The number of aliphatic carboxylic acids is 1. The van der Waals surface area contributed by atoms with Crippen molar-refractivity contribution in [2.24, 2.45) is 10.2 Å². The molecule has 1 aliphatic rings. The van der Waals surface area contributed by atoms with Gasteiger partial charge in [0.2, 0.25) is 5.91 Å². The zero-order chi connectivity index (χ0) is 19.9. The first kappa shape index (κ1) is 19.3. The maximum Gasteiger partial charge on any atom is 0.305 e. The fourth-order valence-electron chi connectivity index (χ4n) is 2.52. The van der Waals surface area contributed by atoms with E-state index in [1.165, 1.54) is 6.21 Å². The summed E-state index contributed by atoms with van der Waals surface area (Å²) in [4.78, 5) is 22.5. The monoisotopic (exact) mass is 396 g/mol. The van der Waals surface area contributed by atoms with Gasteiger partial charge in [-0.25, -0.2) is 0 Å². The van der Waals surface area contributed by atoms with Crippen molar-refractivity contribution in [3.63, 3.8) is 0 Å². The summed E-state index contributed by atoms with van der Waals surface area (Å²) in [5, 5.41) is 32.1. The lowest BCUT2D eigenvalue weighted by molar-refractivity contribution is -0.138. The number of amides is 1. The summed E-state index contributed by atoms with van der Waals surface area (Å²) in [6, 6.07) is 11.6. The molecule has 1 saturated heterocycles. The number of aryl methyl sites for hydroxylation is 1. The highest BCUT2D eigenvalue weighted by atomic mass is 32.2. The standard InChI is InChI=1S/C18H16N6O3S/c19-7-4-8-24-11-13(16(23-24)12-5-2-1-3-6-12)10-20-22-18-21-17(27)14(28-18)9-15(25)26/h1-3,5-6,10-11,14H,4,8-9H2,(H,25,26)(H,21,22,27). The number of carboxylic acid groups (broad SMARTS) is 1. The van der Waals surface area contributed by atoms with Gasteiger partial charge < -0.3 is 10.4 Å². The lowest BCUT2D eigenvalue weighted by atomic mass is 10.1. The molecule has 0 saturated carbocycles. The number of thioether (sulfide) groups is 1. The first-order chi connectivity index (χ1) is 13.6. The summed E-state index contributed by atoms with van der Waals surface area (Å²) in [5.41, 5.74) is 2.32. The van der Waals surface area contributed by atoms with Crippen molar-refractivity contribution in [2.45, 2.75) is 24.6 Å². The number of carboxylic acids is 1. The highest BCUT2D eigenvalue weighted by Crippen LogP contribution is 2.23. The van der Waals surface area contributed by atoms with Crippen LogP contribution < -0.4 is 5.32 Å². The van der Waals surface area contributed by atoms with Gasteiger partial charge in [0.25, 0.3) is 0 Å². The summed E-state index contributed by atoms with van der Waals surface area (Å²) < 4.78 is 1.68. The maximum atomic E-state index is 11.7. The molecule has 1 aromatic carbocycles. The van der Waals surface area contributed by atoms with Crippen LogP contribution >= 0.6 is 11.8 Å². The Morgan fingerprint density at radius 1 is 1.43 bits per heavy atom. The van der Waals surface area contributed by atoms with Crippen LogP contribution in [0.15, 0.2) is 46.7 Å². The van der Waals surface area contributed by atoms with Gasteiger partial charge in [-0.2, -0.15) is 15.5 Å². The van der Waals surface area contributed by atoms with Gasteiger partial charge in [0.05, 0.1) is 31.7 Å². The Labute approximate surface area is 164 Å². The van der Waals surface area contributed by atoms with E-state index in [1.54, 1.807) is 10.9 Å². The number of amidine groups is 1. The number of aromatic nitrogens is 2. The van der Waals surface area contributed by atoms with E-state index in [9.17, 15) is 9.59 Å². The first-order valence-electron chi connectivity index (χ1n) is 8.37. The van der Waals surface area contributed by atoms with Crippen molar-refractivity contribution >= 4 is 35.0 Å². The van der Waals surface area contributed by atoms with Crippen LogP contribution in [0.25, 0.3) is 11.3 Å². The van der Waals surface area contributed by atoms with E-state index in [2.05, 4.69) is 26.7 Å². The predicted molar refractivity (Wildman–Crippen MR) is 105 cm³/mol. The molecule has 3 rings (SSSR count). The average molecular weight is 396 g/mol. The van der Waals surface area contributed by atoms with E-state index in [1.807, 2.05) is 30.3 Å². The third kappa shape index (κ3) is 4.83. The van der Waals surface area contributed by atoms with Crippen molar-refractivity contribution < 1.29 is 14.7 Å². The van der Waals surface area contributed by atoms with Crippen LogP contribution in [0.3, 0.4) is 0 Å². The lowest BCUT2D eigenvalue weighted by Crippen LogP contribution is -2.26. The van der Waals surface area contributed by atoms with Crippen LogP contribution in [-0.2, 0) is 16.1 Å². The Kier molecular flexibility index (Phi) is 6.18. The number of hydrogen-bond acceptors (Lipinski definition) is 7. The number of nitrogens with zero attached hydrogens (tertiary/aromatic N) is 5. The second-order valence-corrected chi connectivity index (χ2v) is 7.01. The molecule has 1 amide bonds. The molecular formula is C18H16N6O3S. The van der Waals surface area contributed by atoms with Crippen molar-refractivity contribution in [2.75, 3.05) is 0 Å². The minimum atomic E-state index is -1.05. The van der Waals surface area contributed by atoms with E-state index >= 15 is 0 Å². The number of hydrogen-bond donors (Lipinski definition) is 2.